The molecule has 0 fully saturated rings. The Morgan fingerprint density at radius 2 is 2.05 bits per heavy atom. The fraction of sp³-hybridized carbons (Fsp3) is 0.133. The van der Waals surface area contributed by atoms with E-state index in [1.54, 1.807) is 18.2 Å². The van der Waals surface area contributed by atoms with Crippen molar-refractivity contribution in [1.29, 1.82) is 0 Å². The Kier molecular flexibility index (Phi) is 4.22. The lowest BCUT2D eigenvalue weighted by atomic mass is 10.1. The molecule has 0 amide bonds. The van der Waals surface area contributed by atoms with Gasteiger partial charge in [-0.1, -0.05) is 23.8 Å². The highest BCUT2D eigenvalue weighted by Crippen LogP contribution is 2.27. The van der Waals surface area contributed by atoms with Crippen LogP contribution in [-0.4, -0.2) is 11.1 Å². The van der Waals surface area contributed by atoms with Gasteiger partial charge in [0.05, 0.1) is 5.56 Å². The molecule has 2 rings (SSSR count). The van der Waals surface area contributed by atoms with Gasteiger partial charge in [0.2, 0.25) is 0 Å². The van der Waals surface area contributed by atoms with Crippen LogP contribution in [0.4, 0.5) is 4.39 Å². The van der Waals surface area contributed by atoms with Crippen molar-refractivity contribution in [2.24, 2.45) is 0 Å². The summed E-state index contributed by atoms with van der Waals surface area (Å²) in [5.41, 5.74) is 2.04. The molecular formula is C15H13FO2S. The van der Waals surface area contributed by atoms with Crippen LogP contribution in [0.25, 0.3) is 0 Å². The van der Waals surface area contributed by atoms with Gasteiger partial charge in [-0.25, -0.2) is 9.18 Å². The van der Waals surface area contributed by atoms with Gasteiger partial charge in [-0.15, -0.1) is 11.8 Å². The third-order valence-electron chi connectivity index (χ3n) is 2.65. The smallest absolute Gasteiger partial charge is 0.336 e. The SMILES string of the molecule is Cc1ccc(SCc2cccc(F)c2)c(C(=O)O)c1. The van der Waals surface area contributed by atoms with Crippen molar-refractivity contribution in [3.63, 3.8) is 0 Å². The van der Waals surface area contributed by atoms with Gasteiger partial charge in [0, 0.05) is 10.6 Å². The summed E-state index contributed by atoms with van der Waals surface area (Å²) >= 11 is 1.40. The Bertz CT molecular complexity index is 611. The zero-order chi connectivity index (χ0) is 13.8. The second-order valence-corrected chi connectivity index (χ2v) is 5.24. The molecule has 0 aliphatic carbocycles. The van der Waals surface area contributed by atoms with E-state index in [-0.39, 0.29) is 5.82 Å². The summed E-state index contributed by atoms with van der Waals surface area (Å²) in [6.07, 6.45) is 0. The molecule has 2 aromatic rings. The Hall–Kier alpha value is -1.81. The fourth-order valence-corrected chi connectivity index (χ4v) is 2.69. The van der Waals surface area contributed by atoms with Gasteiger partial charge < -0.3 is 5.11 Å². The van der Waals surface area contributed by atoms with Gasteiger partial charge in [-0.3, -0.25) is 0 Å². The van der Waals surface area contributed by atoms with Crippen LogP contribution in [0.1, 0.15) is 21.5 Å². The fourth-order valence-electron chi connectivity index (χ4n) is 1.72. The minimum absolute atomic E-state index is 0.277. The monoisotopic (exact) mass is 276 g/mol. The van der Waals surface area contributed by atoms with Crippen molar-refractivity contribution < 1.29 is 14.3 Å². The highest BCUT2D eigenvalue weighted by atomic mass is 32.2. The molecule has 0 aromatic heterocycles. The molecule has 0 saturated heterocycles. The lowest BCUT2D eigenvalue weighted by molar-refractivity contribution is 0.0693. The van der Waals surface area contributed by atoms with Gasteiger partial charge in [-0.2, -0.15) is 0 Å². The summed E-state index contributed by atoms with van der Waals surface area (Å²) in [7, 11) is 0. The first-order valence-corrected chi connectivity index (χ1v) is 6.76. The molecule has 2 nitrogen and oxygen atoms in total. The van der Waals surface area contributed by atoms with Gasteiger partial charge >= 0.3 is 5.97 Å². The van der Waals surface area contributed by atoms with Crippen LogP contribution in [0.3, 0.4) is 0 Å². The lowest BCUT2D eigenvalue weighted by Gasteiger charge is -2.07. The van der Waals surface area contributed by atoms with Crippen molar-refractivity contribution in [2.75, 3.05) is 0 Å². The second-order valence-electron chi connectivity index (χ2n) is 4.22. The molecule has 0 saturated carbocycles. The third-order valence-corrected chi connectivity index (χ3v) is 3.79. The number of aryl methyl sites for hydroxylation is 1. The summed E-state index contributed by atoms with van der Waals surface area (Å²) in [5, 5.41) is 9.16. The first-order valence-electron chi connectivity index (χ1n) is 5.77. The van der Waals surface area contributed by atoms with Gasteiger partial charge in [-0.05, 0) is 36.8 Å². The average molecular weight is 276 g/mol. The van der Waals surface area contributed by atoms with Crippen LogP contribution in [0.15, 0.2) is 47.4 Å². The maximum absolute atomic E-state index is 13.1. The predicted octanol–water partition coefficient (Wildman–Crippen LogP) is 4.12. The lowest BCUT2D eigenvalue weighted by Crippen LogP contribution is -1.99. The topological polar surface area (TPSA) is 37.3 Å². The molecule has 0 unspecified atom stereocenters. The Labute approximate surface area is 115 Å². The van der Waals surface area contributed by atoms with Crippen molar-refractivity contribution in [3.8, 4) is 0 Å². The van der Waals surface area contributed by atoms with Crippen LogP contribution in [-0.2, 0) is 5.75 Å². The maximum atomic E-state index is 13.1. The van der Waals surface area contributed by atoms with E-state index >= 15 is 0 Å². The van der Waals surface area contributed by atoms with Crippen molar-refractivity contribution in [1.82, 2.24) is 0 Å². The van der Waals surface area contributed by atoms with E-state index in [0.29, 0.717) is 16.2 Å². The molecule has 0 bridgehead atoms. The number of carboxylic acid groups (broad SMARTS) is 1. The number of thioether (sulfide) groups is 1. The van der Waals surface area contributed by atoms with Crippen LogP contribution in [0.2, 0.25) is 0 Å². The molecule has 19 heavy (non-hydrogen) atoms. The largest absolute Gasteiger partial charge is 0.478 e. The minimum Gasteiger partial charge on any atom is -0.478 e. The second kappa shape index (κ2) is 5.89. The molecule has 4 heteroatoms. The summed E-state index contributed by atoms with van der Waals surface area (Å²) in [6, 6.07) is 11.6. The number of hydrogen-bond donors (Lipinski definition) is 1. The van der Waals surface area contributed by atoms with Crippen LogP contribution < -0.4 is 0 Å². The van der Waals surface area contributed by atoms with Crippen molar-refractivity contribution in [3.05, 3.63) is 65.0 Å². The Morgan fingerprint density at radius 3 is 2.74 bits per heavy atom. The molecule has 0 atom stereocenters. The third kappa shape index (κ3) is 3.58. The van der Waals surface area contributed by atoms with Gasteiger partial charge in [0.15, 0.2) is 0 Å². The zero-order valence-corrected chi connectivity index (χ0v) is 11.2. The van der Waals surface area contributed by atoms with Crippen LogP contribution in [0, 0.1) is 12.7 Å². The van der Waals surface area contributed by atoms with E-state index in [2.05, 4.69) is 0 Å². The van der Waals surface area contributed by atoms with Crippen molar-refractivity contribution >= 4 is 17.7 Å². The highest BCUT2D eigenvalue weighted by Gasteiger charge is 2.10. The summed E-state index contributed by atoms with van der Waals surface area (Å²) in [5.74, 6) is -0.674. The zero-order valence-electron chi connectivity index (χ0n) is 10.4. The van der Waals surface area contributed by atoms with E-state index < -0.39 is 5.97 Å². The summed E-state index contributed by atoms with van der Waals surface area (Å²) in [6.45, 7) is 1.85. The van der Waals surface area contributed by atoms with E-state index in [9.17, 15) is 9.18 Å². The highest BCUT2D eigenvalue weighted by molar-refractivity contribution is 7.98. The average Bonchev–Trinajstić information content (AvgIpc) is 2.37. The number of aromatic carboxylic acids is 1. The number of carbonyl (C=O) groups is 1. The minimum atomic E-state index is -0.939. The number of rotatable bonds is 4. The van der Waals surface area contributed by atoms with Crippen LogP contribution in [0.5, 0.6) is 0 Å². The normalized spacial score (nSPS) is 10.4. The van der Waals surface area contributed by atoms with Crippen molar-refractivity contribution in [2.45, 2.75) is 17.6 Å². The Balaban J connectivity index is 2.17. The number of halogens is 1. The first kappa shape index (κ1) is 13.6. The molecule has 0 heterocycles. The Morgan fingerprint density at radius 1 is 1.26 bits per heavy atom. The van der Waals surface area contributed by atoms with Crippen LogP contribution >= 0.6 is 11.8 Å². The molecule has 2 aromatic carbocycles. The number of hydrogen-bond acceptors (Lipinski definition) is 2. The molecule has 98 valence electrons. The quantitative estimate of drug-likeness (QED) is 0.853. The van der Waals surface area contributed by atoms with E-state index in [0.717, 1.165) is 11.1 Å². The van der Waals surface area contributed by atoms with Gasteiger partial charge in [0.1, 0.15) is 5.82 Å². The van der Waals surface area contributed by atoms with E-state index in [4.69, 9.17) is 5.11 Å². The molecule has 0 radical (unpaired) electrons. The number of carboxylic acids is 1. The summed E-state index contributed by atoms with van der Waals surface area (Å²) < 4.78 is 13.1. The maximum Gasteiger partial charge on any atom is 0.336 e. The summed E-state index contributed by atoms with van der Waals surface area (Å²) in [4.78, 5) is 11.9. The van der Waals surface area contributed by atoms with E-state index in [1.165, 1.54) is 23.9 Å². The molecule has 0 aliphatic rings. The van der Waals surface area contributed by atoms with Gasteiger partial charge in [0.25, 0.3) is 0 Å². The van der Waals surface area contributed by atoms with E-state index in [1.807, 2.05) is 19.1 Å². The first-order chi connectivity index (χ1) is 9.06. The molecular weight excluding hydrogens is 263 g/mol. The standard InChI is InChI=1S/C15H13FO2S/c1-10-5-6-14(13(7-10)15(17)18)19-9-11-3-2-4-12(16)8-11/h2-8H,9H2,1H3,(H,17,18). The predicted molar refractivity (Wildman–Crippen MR) is 74.1 cm³/mol. The number of benzene rings is 2. The molecule has 1 N–H and O–H groups in total. The molecule has 0 spiro atoms. The molecule has 0 aliphatic heterocycles.